The van der Waals surface area contributed by atoms with E-state index in [1.165, 1.54) is 18.2 Å². The lowest BCUT2D eigenvalue weighted by atomic mass is 10.1. The van der Waals surface area contributed by atoms with E-state index in [1.807, 2.05) is 20.8 Å². The first-order valence-corrected chi connectivity index (χ1v) is 6.31. The normalized spacial score (nSPS) is 11.8. The van der Waals surface area contributed by atoms with Crippen LogP contribution in [-0.4, -0.2) is 14.8 Å². The van der Waals surface area contributed by atoms with Crippen molar-refractivity contribution in [2.75, 3.05) is 0 Å². The van der Waals surface area contributed by atoms with E-state index in [4.69, 9.17) is 12.2 Å². The van der Waals surface area contributed by atoms with Crippen LogP contribution in [0.5, 0.6) is 0 Å². The zero-order valence-corrected chi connectivity index (χ0v) is 11.8. The molecule has 0 radical (unpaired) electrons. The van der Waals surface area contributed by atoms with E-state index >= 15 is 0 Å². The molecule has 1 aromatic heterocycles. The summed E-state index contributed by atoms with van der Waals surface area (Å²) in [5.74, 6) is -0.634. The summed E-state index contributed by atoms with van der Waals surface area (Å²) in [5, 5.41) is 6.75. The van der Waals surface area contributed by atoms with Crippen molar-refractivity contribution in [2.24, 2.45) is 0 Å². The van der Waals surface area contributed by atoms with Crippen LogP contribution in [0.2, 0.25) is 0 Å². The van der Waals surface area contributed by atoms with Crippen LogP contribution in [0.4, 0.5) is 8.78 Å². The zero-order valence-electron chi connectivity index (χ0n) is 11.0. The minimum absolute atomic E-state index is 0.00185. The minimum Gasteiger partial charge on any atom is -0.298 e. The second kappa shape index (κ2) is 4.85. The van der Waals surface area contributed by atoms with Crippen LogP contribution in [0, 0.1) is 16.4 Å². The van der Waals surface area contributed by atoms with E-state index < -0.39 is 11.6 Å². The summed E-state index contributed by atoms with van der Waals surface area (Å²) in [6.45, 7) is 5.87. The summed E-state index contributed by atoms with van der Waals surface area (Å²) in [6.07, 6.45) is 0.0584. The van der Waals surface area contributed by atoms with Crippen LogP contribution in [-0.2, 0) is 12.0 Å². The van der Waals surface area contributed by atoms with Gasteiger partial charge >= 0.3 is 0 Å². The number of H-pyrrole nitrogens is 1. The van der Waals surface area contributed by atoms with Crippen LogP contribution in [0.25, 0.3) is 0 Å². The largest absolute Gasteiger partial charge is 0.298 e. The second-order valence-electron chi connectivity index (χ2n) is 5.33. The molecule has 0 amide bonds. The summed E-state index contributed by atoms with van der Waals surface area (Å²) < 4.78 is 29.5. The molecule has 0 unspecified atom stereocenters. The fraction of sp³-hybridized carbons (Fsp3) is 0.385. The lowest BCUT2D eigenvalue weighted by Gasteiger charge is -2.22. The molecule has 1 aromatic carbocycles. The van der Waals surface area contributed by atoms with Crippen molar-refractivity contribution < 1.29 is 8.78 Å². The Morgan fingerprint density at radius 3 is 2.37 bits per heavy atom. The maximum absolute atomic E-state index is 13.7. The Labute approximate surface area is 115 Å². The highest BCUT2D eigenvalue weighted by Gasteiger charge is 2.21. The van der Waals surface area contributed by atoms with Crippen molar-refractivity contribution in [1.82, 2.24) is 14.8 Å². The highest BCUT2D eigenvalue weighted by atomic mass is 32.1. The maximum atomic E-state index is 13.7. The molecule has 0 saturated carbocycles. The SMILES string of the molecule is CC(C)(C)n1c(Cc2c(F)cccc2F)n[nH]c1=S. The van der Waals surface area contributed by atoms with E-state index in [0.717, 1.165) is 0 Å². The summed E-state index contributed by atoms with van der Waals surface area (Å²) in [6, 6.07) is 3.82. The Bertz CT molecular complexity index is 632. The minimum atomic E-state index is -0.575. The number of benzene rings is 1. The number of hydrogen-bond donors (Lipinski definition) is 1. The van der Waals surface area contributed by atoms with E-state index in [0.29, 0.717) is 10.6 Å². The van der Waals surface area contributed by atoms with Gasteiger partial charge in [0.05, 0.1) is 0 Å². The smallest absolute Gasteiger partial charge is 0.195 e. The van der Waals surface area contributed by atoms with E-state index in [1.54, 1.807) is 4.57 Å². The fourth-order valence-electron chi connectivity index (χ4n) is 2.00. The Morgan fingerprint density at radius 2 is 1.84 bits per heavy atom. The number of halogens is 2. The molecule has 0 saturated heterocycles. The number of nitrogens with zero attached hydrogens (tertiary/aromatic N) is 2. The van der Waals surface area contributed by atoms with Gasteiger partial charge in [-0.05, 0) is 45.1 Å². The number of aromatic nitrogens is 3. The number of rotatable bonds is 2. The molecule has 0 aliphatic carbocycles. The Balaban J connectivity index is 2.49. The van der Waals surface area contributed by atoms with Crippen LogP contribution >= 0.6 is 12.2 Å². The standard InChI is InChI=1S/C13H15F2N3S/c1-13(2,3)18-11(16-17-12(18)19)7-8-9(14)5-4-6-10(8)15/h4-6H,7H2,1-3H3,(H,17,19). The topological polar surface area (TPSA) is 33.6 Å². The van der Waals surface area contributed by atoms with Crippen molar-refractivity contribution in [1.29, 1.82) is 0 Å². The van der Waals surface area contributed by atoms with Gasteiger partial charge in [0.2, 0.25) is 0 Å². The summed E-state index contributed by atoms with van der Waals surface area (Å²) in [4.78, 5) is 0. The van der Waals surface area contributed by atoms with E-state index in [-0.39, 0.29) is 17.5 Å². The predicted octanol–water partition coefficient (Wildman–Crippen LogP) is 3.56. The van der Waals surface area contributed by atoms with Crippen LogP contribution in [0.1, 0.15) is 32.2 Å². The number of aromatic amines is 1. The Morgan fingerprint density at radius 1 is 1.26 bits per heavy atom. The van der Waals surface area contributed by atoms with Crippen LogP contribution in [0.15, 0.2) is 18.2 Å². The van der Waals surface area contributed by atoms with Crippen molar-refractivity contribution in [3.05, 3.63) is 46.0 Å². The molecule has 0 aliphatic rings. The molecule has 0 atom stereocenters. The van der Waals surface area contributed by atoms with Gasteiger partial charge in [0.25, 0.3) is 0 Å². The Kier molecular flexibility index (Phi) is 3.54. The van der Waals surface area contributed by atoms with Crippen LogP contribution in [0.3, 0.4) is 0 Å². The van der Waals surface area contributed by atoms with Gasteiger partial charge in [-0.25, -0.2) is 8.78 Å². The van der Waals surface area contributed by atoms with Gasteiger partial charge in [-0.1, -0.05) is 6.07 Å². The number of hydrogen-bond acceptors (Lipinski definition) is 2. The molecule has 0 fully saturated rings. The lowest BCUT2D eigenvalue weighted by molar-refractivity contribution is 0.378. The van der Waals surface area contributed by atoms with Crippen molar-refractivity contribution in [2.45, 2.75) is 32.7 Å². The van der Waals surface area contributed by atoms with Gasteiger partial charge in [-0.15, -0.1) is 0 Å². The molecule has 102 valence electrons. The maximum Gasteiger partial charge on any atom is 0.195 e. The quantitative estimate of drug-likeness (QED) is 0.855. The van der Waals surface area contributed by atoms with Gasteiger partial charge < -0.3 is 0 Å². The van der Waals surface area contributed by atoms with Crippen molar-refractivity contribution in [3.8, 4) is 0 Å². The molecular weight excluding hydrogens is 268 g/mol. The average Bonchev–Trinajstić information content (AvgIpc) is 2.65. The molecule has 1 heterocycles. The first-order valence-electron chi connectivity index (χ1n) is 5.90. The molecule has 0 bridgehead atoms. The monoisotopic (exact) mass is 283 g/mol. The number of nitrogens with one attached hydrogen (secondary N) is 1. The van der Waals surface area contributed by atoms with E-state index in [2.05, 4.69) is 10.2 Å². The average molecular weight is 283 g/mol. The summed E-state index contributed by atoms with van der Waals surface area (Å²) >= 11 is 5.16. The lowest BCUT2D eigenvalue weighted by Crippen LogP contribution is -2.24. The molecule has 19 heavy (non-hydrogen) atoms. The molecule has 2 rings (SSSR count). The predicted molar refractivity (Wildman–Crippen MR) is 71.6 cm³/mol. The second-order valence-corrected chi connectivity index (χ2v) is 5.71. The van der Waals surface area contributed by atoms with Crippen LogP contribution < -0.4 is 0 Å². The van der Waals surface area contributed by atoms with Gasteiger partial charge in [-0.2, -0.15) is 5.10 Å². The molecule has 0 spiro atoms. The highest BCUT2D eigenvalue weighted by molar-refractivity contribution is 7.71. The summed E-state index contributed by atoms with van der Waals surface area (Å²) in [7, 11) is 0. The van der Waals surface area contributed by atoms with Gasteiger partial charge in [0.15, 0.2) is 4.77 Å². The molecular formula is C13H15F2N3S. The summed E-state index contributed by atoms with van der Waals surface area (Å²) in [5.41, 5.74) is -0.303. The molecule has 0 aliphatic heterocycles. The van der Waals surface area contributed by atoms with Crippen molar-refractivity contribution in [3.63, 3.8) is 0 Å². The third-order valence-electron chi connectivity index (χ3n) is 2.81. The van der Waals surface area contributed by atoms with Crippen molar-refractivity contribution >= 4 is 12.2 Å². The highest BCUT2D eigenvalue weighted by Crippen LogP contribution is 2.21. The fourth-order valence-corrected chi connectivity index (χ4v) is 2.42. The first-order chi connectivity index (χ1) is 8.80. The molecule has 6 heteroatoms. The molecule has 3 nitrogen and oxygen atoms in total. The zero-order chi connectivity index (χ0) is 14.2. The Hall–Kier alpha value is -1.56. The van der Waals surface area contributed by atoms with Gasteiger partial charge in [-0.3, -0.25) is 9.67 Å². The van der Waals surface area contributed by atoms with Gasteiger partial charge in [0, 0.05) is 17.5 Å². The third kappa shape index (κ3) is 2.73. The van der Waals surface area contributed by atoms with Gasteiger partial charge in [0.1, 0.15) is 17.5 Å². The first kappa shape index (κ1) is 13.9. The molecule has 1 N–H and O–H groups in total. The molecule has 2 aromatic rings. The van der Waals surface area contributed by atoms with E-state index in [9.17, 15) is 8.78 Å². The third-order valence-corrected chi connectivity index (χ3v) is 3.08.